The van der Waals surface area contributed by atoms with Crippen LogP contribution in [0.1, 0.15) is 48.0 Å². The van der Waals surface area contributed by atoms with Crippen LogP contribution in [0.15, 0.2) is 0 Å². The lowest BCUT2D eigenvalue weighted by atomic mass is 10.2. The summed E-state index contributed by atoms with van der Waals surface area (Å²) < 4.78 is 3.88. The Bertz CT molecular complexity index is 370. The summed E-state index contributed by atoms with van der Waals surface area (Å²) in [6, 6.07) is 0. The first kappa shape index (κ1) is 15.4. The zero-order valence-corrected chi connectivity index (χ0v) is 12.6. The van der Waals surface area contributed by atoms with Crippen molar-refractivity contribution in [2.24, 2.45) is 0 Å². The summed E-state index contributed by atoms with van der Waals surface area (Å²) in [4.78, 5) is 14.6. The number of amides is 1. The normalized spacial score (nSPS) is 10.6. The molecule has 0 spiro atoms. The van der Waals surface area contributed by atoms with Gasteiger partial charge in [0.15, 0.2) is 0 Å². The van der Waals surface area contributed by atoms with Crippen LogP contribution in [0.25, 0.3) is 0 Å². The Kier molecular flexibility index (Phi) is 7.20. The summed E-state index contributed by atoms with van der Waals surface area (Å²) in [5.41, 5.74) is 0.833. The number of aromatic nitrogens is 2. The molecule has 1 rings (SSSR count). The number of rotatable bonds is 8. The fraction of sp³-hybridized carbons (Fsp3) is 0.750. The molecule has 0 atom stereocenters. The van der Waals surface area contributed by atoms with E-state index in [0.29, 0.717) is 10.8 Å². The fourth-order valence-electron chi connectivity index (χ4n) is 1.67. The van der Waals surface area contributed by atoms with Crippen molar-refractivity contribution in [3.63, 3.8) is 0 Å². The van der Waals surface area contributed by atoms with Crippen LogP contribution in [0.3, 0.4) is 0 Å². The van der Waals surface area contributed by atoms with E-state index in [4.69, 9.17) is 11.6 Å². The third kappa shape index (κ3) is 4.53. The molecule has 1 amide bonds. The van der Waals surface area contributed by atoms with Crippen molar-refractivity contribution in [1.29, 1.82) is 0 Å². The van der Waals surface area contributed by atoms with Gasteiger partial charge in [-0.2, -0.15) is 0 Å². The van der Waals surface area contributed by atoms with Gasteiger partial charge in [-0.05, 0) is 30.8 Å². The van der Waals surface area contributed by atoms with E-state index < -0.39 is 0 Å². The Morgan fingerprint density at radius 1 is 1.39 bits per heavy atom. The lowest BCUT2D eigenvalue weighted by molar-refractivity contribution is 0.0796. The first-order chi connectivity index (χ1) is 8.70. The Hall–Kier alpha value is -0.680. The van der Waals surface area contributed by atoms with Crippen molar-refractivity contribution >= 4 is 29.0 Å². The highest BCUT2D eigenvalue weighted by molar-refractivity contribution is 7.07. The molecule has 18 heavy (non-hydrogen) atoms. The molecule has 1 aromatic heterocycles. The molecule has 4 nitrogen and oxygen atoms in total. The predicted molar refractivity (Wildman–Crippen MR) is 75.4 cm³/mol. The van der Waals surface area contributed by atoms with Gasteiger partial charge in [0, 0.05) is 19.5 Å². The molecular formula is C12H20ClN3OS. The van der Waals surface area contributed by atoms with E-state index in [2.05, 4.69) is 16.5 Å². The predicted octanol–water partition coefficient (Wildman–Crippen LogP) is 2.97. The lowest BCUT2D eigenvalue weighted by Crippen LogP contribution is -2.27. The number of alkyl halides is 1. The molecular weight excluding hydrogens is 270 g/mol. The lowest BCUT2D eigenvalue weighted by Gasteiger charge is -2.16. The standard InChI is InChI=1S/C12H20ClN3OS/c1-3-7-10-11(18-15-14-10)12(17)16(2)9-6-4-5-8-13/h3-9H2,1-2H3. The SMILES string of the molecule is CCCc1nnsc1C(=O)N(C)CCCCCCl. The maximum Gasteiger partial charge on any atom is 0.267 e. The molecule has 0 N–H and O–H groups in total. The van der Waals surface area contributed by atoms with Crippen LogP contribution in [0, 0.1) is 0 Å². The first-order valence-electron chi connectivity index (χ1n) is 6.33. The van der Waals surface area contributed by atoms with Gasteiger partial charge >= 0.3 is 0 Å². The van der Waals surface area contributed by atoms with Crippen molar-refractivity contribution in [2.45, 2.75) is 39.0 Å². The van der Waals surface area contributed by atoms with Crippen LogP contribution in [-0.4, -0.2) is 39.9 Å². The highest BCUT2D eigenvalue weighted by Crippen LogP contribution is 2.15. The number of aryl methyl sites for hydroxylation is 1. The largest absolute Gasteiger partial charge is 0.341 e. The minimum absolute atomic E-state index is 0.0410. The molecule has 0 aliphatic heterocycles. The molecule has 0 fully saturated rings. The van der Waals surface area contributed by atoms with Crippen molar-refractivity contribution in [1.82, 2.24) is 14.5 Å². The second kappa shape index (κ2) is 8.43. The van der Waals surface area contributed by atoms with E-state index in [1.165, 1.54) is 11.5 Å². The van der Waals surface area contributed by atoms with Crippen LogP contribution in [-0.2, 0) is 6.42 Å². The Morgan fingerprint density at radius 2 is 2.17 bits per heavy atom. The van der Waals surface area contributed by atoms with E-state index >= 15 is 0 Å². The highest BCUT2D eigenvalue weighted by atomic mass is 35.5. The third-order valence-electron chi connectivity index (χ3n) is 2.71. The van der Waals surface area contributed by atoms with Gasteiger partial charge in [-0.3, -0.25) is 4.79 Å². The smallest absolute Gasteiger partial charge is 0.267 e. The Balaban J connectivity index is 2.49. The Morgan fingerprint density at radius 3 is 2.83 bits per heavy atom. The molecule has 0 radical (unpaired) electrons. The van der Waals surface area contributed by atoms with E-state index in [0.717, 1.165) is 44.3 Å². The minimum atomic E-state index is 0.0410. The fourth-order valence-corrected chi connectivity index (χ4v) is 2.56. The number of halogens is 1. The Labute approximate surface area is 117 Å². The summed E-state index contributed by atoms with van der Waals surface area (Å²) >= 11 is 6.82. The van der Waals surface area contributed by atoms with Crippen molar-refractivity contribution in [3.8, 4) is 0 Å². The van der Waals surface area contributed by atoms with E-state index in [1.54, 1.807) is 4.90 Å². The number of nitrogens with zero attached hydrogens (tertiary/aromatic N) is 3. The third-order valence-corrected chi connectivity index (χ3v) is 3.73. The average molecular weight is 290 g/mol. The van der Waals surface area contributed by atoms with Gasteiger partial charge in [-0.15, -0.1) is 16.7 Å². The molecule has 102 valence electrons. The van der Waals surface area contributed by atoms with Crippen molar-refractivity contribution < 1.29 is 4.79 Å². The zero-order chi connectivity index (χ0) is 13.4. The minimum Gasteiger partial charge on any atom is -0.341 e. The van der Waals surface area contributed by atoms with Gasteiger partial charge in [0.2, 0.25) is 0 Å². The van der Waals surface area contributed by atoms with Gasteiger partial charge in [-0.1, -0.05) is 24.3 Å². The molecule has 6 heteroatoms. The molecule has 0 aliphatic rings. The van der Waals surface area contributed by atoms with Crippen LogP contribution in [0.2, 0.25) is 0 Å². The van der Waals surface area contributed by atoms with Gasteiger partial charge in [0.1, 0.15) is 4.88 Å². The molecule has 0 saturated heterocycles. The summed E-state index contributed by atoms with van der Waals surface area (Å²) in [6.45, 7) is 2.84. The molecule has 0 saturated carbocycles. The quantitative estimate of drug-likeness (QED) is 0.546. The van der Waals surface area contributed by atoms with E-state index in [-0.39, 0.29) is 5.91 Å². The van der Waals surface area contributed by atoms with Gasteiger partial charge in [-0.25, -0.2) is 0 Å². The van der Waals surface area contributed by atoms with E-state index in [9.17, 15) is 4.79 Å². The monoisotopic (exact) mass is 289 g/mol. The second-order valence-corrected chi connectivity index (χ2v) is 5.41. The average Bonchev–Trinajstić information content (AvgIpc) is 2.82. The van der Waals surface area contributed by atoms with Crippen LogP contribution in [0.5, 0.6) is 0 Å². The summed E-state index contributed by atoms with van der Waals surface area (Å²) in [5.74, 6) is 0.733. The van der Waals surface area contributed by atoms with Gasteiger partial charge in [0.25, 0.3) is 5.91 Å². The number of carbonyl (C=O) groups is 1. The maximum atomic E-state index is 12.2. The van der Waals surface area contributed by atoms with Crippen LogP contribution < -0.4 is 0 Å². The number of carbonyl (C=O) groups excluding carboxylic acids is 1. The maximum absolute atomic E-state index is 12.2. The summed E-state index contributed by atoms with van der Waals surface area (Å²) in [7, 11) is 1.83. The zero-order valence-electron chi connectivity index (χ0n) is 11.0. The van der Waals surface area contributed by atoms with Crippen molar-refractivity contribution in [2.75, 3.05) is 19.5 Å². The molecule has 1 aromatic rings. The van der Waals surface area contributed by atoms with Crippen molar-refractivity contribution in [3.05, 3.63) is 10.6 Å². The van der Waals surface area contributed by atoms with Crippen LogP contribution >= 0.6 is 23.1 Å². The number of hydrogen-bond donors (Lipinski definition) is 0. The molecule has 0 aromatic carbocycles. The number of hydrogen-bond acceptors (Lipinski definition) is 4. The molecule has 1 heterocycles. The van der Waals surface area contributed by atoms with Gasteiger partial charge in [0.05, 0.1) is 5.69 Å². The van der Waals surface area contributed by atoms with Crippen LogP contribution in [0.4, 0.5) is 0 Å². The van der Waals surface area contributed by atoms with E-state index in [1.807, 2.05) is 7.05 Å². The highest BCUT2D eigenvalue weighted by Gasteiger charge is 2.18. The number of unbranched alkanes of at least 4 members (excludes halogenated alkanes) is 2. The topological polar surface area (TPSA) is 46.1 Å². The molecule has 0 unspecified atom stereocenters. The summed E-state index contributed by atoms with van der Waals surface area (Å²) in [6.07, 6.45) is 4.85. The summed E-state index contributed by atoms with van der Waals surface area (Å²) in [5, 5.41) is 4.02. The second-order valence-electron chi connectivity index (χ2n) is 4.28. The molecule has 0 bridgehead atoms. The van der Waals surface area contributed by atoms with Gasteiger partial charge < -0.3 is 4.90 Å². The molecule has 0 aliphatic carbocycles. The first-order valence-corrected chi connectivity index (χ1v) is 7.64.